The molecule has 2 aromatic heterocycles. The number of hydrogen-bond acceptors (Lipinski definition) is 7. The Balaban J connectivity index is 1.41. The van der Waals surface area contributed by atoms with E-state index in [2.05, 4.69) is 10.1 Å². The van der Waals surface area contributed by atoms with Crippen LogP contribution in [-0.4, -0.2) is 62.4 Å². The lowest BCUT2D eigenvalue weighted by molar-refractivity contribution is -0.141. The van der Waals surface area contributed by atoms with Gasteiger partial charge in [-0.2, -0.15) is 18.3 Å². The third-order valence-electron chi connectivity index (χ3n) is 7.15. The Kier molecular flexibility index (Phi) is 6.45. The fourth-order valence-electron chi connectivity index (χ4n) is 5.33. The Morgan fingerprint density at radius 3 is 2.48 bits per heavy atom. The maximum absolute atomic E-state index is 13.3. The van der Waals surface area contributed by atoms with Gasteiger partial charge in [0.25, 0.3) is 0 Å². The average molecular weight is 554 g/mol. The van der Waals surface area contributed by atoms with E-state index >= 15 is 0 Å². The lowest BCUT2D eigenvalue weighted by Gasteiger charge is -2.33. The van der Waals surface area contributed by atoms with Gasteiger partial charge in [0, 0.05) is 30.0 Å². The first-order chi connectivity index (χ1) is 19.1. The van der Waals surface area contributed by atoms with Crippen LogP contribution in [-0.2, 0) is 17.8 Å². The van der Waals surface area contributed by atoms with Crippen LogP contribution in [0.2, 0.25) is 0 Å². The van der Waals surface area contributed by atoms with Crippen LogP contribution in [0.15, 0.2) is 54.7 Å². The predicted molar refractivity (Wildman–Crippen MR) is 142 cm³/mol. The summed E-state index contributed by atoms with van der Waals surface area (Å²) in [6, 6.07) is 13.8. The van der Waals surface area contributed by atoms with Gasteiger partial charge < -0.3 is 20.5 Å². The van der Waals surface area contributed by atoms with Crippen molar-refractivity contribution in [1.82, 2.24) is 19.7 Å². The molecule has 40 heavy (non-hydrogen) atoms. The molecule has 10 nitrogen and oxygen atoms in total. The summed E-state index contributed by atoms with van der Waals surface area (Å²) in [7, 11) is 0. The maximum Gasteiger partial charge on any atom is 0.412 e. The van der Waals surface area contributed by atoms with Crippen LogP contribution in [0.4, 0.5) is 35.2 Å². The second-order valence-corrected chi connectivity index (χ2v) is 10.0. The second kappa shape index (κ2) is 9.97. The monoisotopic (exact) mass is 553 g/mol. The number of nitrogens with zero attached hydrogens (tertiary/aromatic N) is 6. The molecule has 2 aliphatic heterocycles. The largest absolute Gasteiger partial charge is 0.465 e. The molecule has 1 amide bonds. The second-order valence-electron chi connectivity index (χ2n) is 10.0. The van der Waals surface area contributed by atoms with Crippen molar-refractivity contribution in [2.45, 2.75) is 44.3 Å². The highest BCUT2D eigenvalue weighted by Gasteiger charge is 2.36. The molecule has 13 heteroatoms. The summed E-state index contributed by atoms with van der Waals surface area (Å²) in [6.07, 6.45) is -2.43. The van der Waals surface area contributed by atoms with Crippen molar-refractivity contribution in [3.8, 4) is 11.4 Å². The lowest BCUT2D eigenvalue weighted by atomic mass is 10.1. The van der Waals surface area contributed by atoms with Gasteiger partial charge in [-0.15, -0.1) is 0 Å². The first-order valence-corrected chi connectivity index (χ1v) is 12.8. The topological polar surface area (TPSA) is 123 Å². The molecule has 0 saturated carbocycles. The number of amides is 1. The van der Waals surface area contributed by atoms with Crippen LogP contribution in [0.3, 0.4) is 0 Å². The van der Waals surface area contributed by atoms with Gasteiger partial charge in [-0.1, -0.05) is 30.3 Å². The summed E-state index contributed by atoms with van der Waals surface area (Å²) in [5, 5.41) is 14.2. The zero-order chi connectivity index (χ0) is 28.0. The highest BCUT2D eigenvalue weighted by Crippen LogP contribution is 2.36. The van der Waals surface area contributed by atoms with E-state index in [1.807, 2.05) is 35.2 Å². The maximum atomic E-state index is 13.3. The molecular weight excluding hydrogens is 527 g/mol. The van der Waals surface area contributed by atoms with Crippen LogP contribution < -0.4 is 15.5 Å². The van der Waals surface area contributed by atoms with Gasteiger partial charge >= 0.3 is 12.3 Å². The number of nitrogens with two attached hydrogens (primary N) is 1. The van der Waals surface area contributed by atoms with Crippen molar-refractivity contribution >= 4 is 34.3 Å². The van der Waals surface area contributed by atoms with Crippen molar-refractivity contribution < 1.29 is 27.8 Å². The minimum absolute atomic E-state index is 0.0217. The van der Waals surface area contributed by atoms with Gasteiger partial charge in [-0.3, -0.25) is 4.90 Å². The number of alkyl halides is 3. The van der Waals surface area contributed by atoms with Gasteiger partial charge in [-0.05, 0) is 36.6 Å². The van der Waals surface area contributed by atoms with E-state index in [1.165, 1.54) is 12.3 Å². The quantitative estimate of drug-likeness (QED) is 0.330. The highest BCUT2D eigenvalue weighted by atomic mass is 19.4. The molecule has 4 heterocycles. The first kappa shape index (κ1) is 25.9. The van der Waals surface area contributed by atoms with E-state index in [9.17, 15) is 23.1 Å². The van der Waals surface area contributed by atoms with Crippen molar-refractivity contribution in [2.75, 3.05) is 28.6 Å². The van der Waals surface area contributed by atoms with E-state index in [4.69, 9.17) is 15.5 Å². The number of anilines is 3. The standard InChI is InChI=1S/C27H26F3N7O3/c28-27(29,30)15-37-25-21(11-32-37)24(35-13-18-7-8-19(14-35)40-18)33-23(34-25)20-9-6-17(10-22(20)31)36(26(38)39)12-16-4-2-1-3-5-16/h1-6,9-11,18-19H,7-8,12-15,31H2,(H,38,39). The number of fused-ring (bicyclic) bond motifs is 3. The Morgan fingerprint density at radius 1 is 1.10 bits per heavy atom. The molecule has 2 fully saturated rings. The van der Waals surface area contributed by atoms with E-state index in [1.54, 1.807) is 12.1 Å². The van der Waals surface area contributed by atoms with E-state index in [0.29, 0.717) is 35.5 Å². The van der Waals surface area contributed by atoms with Crippen LogP contribution in [0.5, 0.6) is 0 Å². The molecule has 0 spiro atoms. The van der Waals surface area contributed by atoms with Gasteiger partial charge in [0.15, 0.2) is 11.5 Å². The third-order valence-corrected chi connectivity index (χ3v) is 7.15. The van der Waals surface area contributed by atoms with Crippen LogP contribution in [0.25, 0.3) is 22.4 Å². The molecule has 2 saturated heterocycles. The molecule has 2 aromatic carbocycles. The molecule has 208 valence electrons. The molecule has 2 bridgehead atoms. The van der Waals surface area contributed by atoms with Crippen LogP contribution in [0.1, 0.15) is 18.4 Å². The summed E-state index contributed by atoms with van der Waals surface area (Å²) in [4.78, 5) is 24.4. The zero-order valence-corrected chi connectivity index (χ0v) is 21.3. The van der Waals surface area contributed by atoms with E-state index in [0.717, 1.165) is 28.0 Å². The average Bonchev–Trinajstić information content (AvgIpc) is 3.47. The number of hydrogen-bond donors (Lipinski definition) is 2. The number of carbonyl (C=O) groups is 1. The smallest absolute Gasteiger partial charge is 0.412 e. The normalized spacial score (nSPS) is 18.8. The minimum Gasteiger partial charge on any atom is -0.465 e. The Hall–Kier alpha value is -4.39. The van der Waals surface area contributed by atoms with Crippen molar-refractivity contribution in [3.05, 3.63) is 60.3 Å². The summed E-state index contributed by atoms with van der Waals surface area (Å²) >= 11 is 0. The summed E-state index contributed by atoms with van der Waals surface area (Å²) in [6.45, 7) is -0.0955. The molecule has 2 aliphatic rings. The molecule has 3 N–H and O–H groups in total. The van der Waals surface area contributed by atoms with Crippen molar-refractivity contribution in [3.63, 3.8) is 0 Å². The number of ether oxygens (including phenoxy) is 1. The number of rotatable bonds is 6. The van der Waals surface area contributed by atoms with Crippen molar-refractivity contribution in [2.24, 2.45) is 0 Å². The van der Waals surface area contributed by atoms with Gasteiger partial charge in [-0.25, -0.2) is 19.4 Å². The molecular formula is C27H26F3N7O3. The molecule has 0 radical (unpaired) electrons. The van der Waals surface area contributed by atoms with Gasteiger partial charge in [0.1, 0.15) is 12.4 Å². The van der Waals surface area contributed by atoms with Crippen LogP contribution >= 0.6 is 0 Å². The SMILES string of the molecule is Nc1cc(N(Cc2ccccc2)C(=O)O)ccc1-c1nc(N2CC3CCC(C2)O3)c2cnn(CC(F)(F)F)c2n1. The molecule has 2 unspecified atom stereocenters. The molecule has 4 aromatic rings. The molecule has 2 atom stereocenters. The first-order valence-electron chi connectivity index (χ1n) is 12.8. The number of halogens is 3. The Bertz CT molecular complexity index is 1550. The summed E-state index contributed by atoms with van der Waals surface area (Å²) in [5.41, 5.74) is 8.12. The van der Waals surface area contributed by atoms with Crippen LogP contribution in [0, 0.1) is 0 Å². The number of aromatic nitrogens is 4. The predicted octanol–water partition coefficient (Wildman–Crippen LogP) is 4.69. The Labute approximate surface area is 226 Å². The van der Waals surface area contributed by atoms with Gasteiger partial charge in [0.2, 0.25) is 0 Å². The fourth-order valence-corrected chi connectivity index (χ4v) is 5.33. The van der Waals surface area contributed by atoms with E-state index < -0.39 is 18.8 Å². The molecule has 6 rings (SSSR count). The fraction of sp³-hybridized carbons (Fsp3) is 0.333. The van der Waals surface area contributed by atoms with Crippen molar-refractivity contribution in [1.29, 1.82) is 0 Å². The van der Waals surface area contributed by atoms with Gasteiger partial charge in [0.05, 0.1) is 30.3 Å². The Morgan fingerprint density at radius 2 is 1.82 bits per heavy atom. The zero-order valence-electron chi connectivity index (χ0n) is 21.3. The highest BCUT2D eigenvalue weighted by molar-refractivity contribution is 5.91. The number of nitrogen functional groups attached to an aromatic ring is 1. The van der Waals surface area contributed by atoms with E-state index in [-0.39, 0.29) is 35.9 Å². The third kappa shape index (κ3) is 5.11. The summed E-state index contributed by atoms with van der Waals surface area (Å²) < 4.78 is 46.8. The summed E-state index contributed by atoms with van der Waals surface area (Å²) in [5.74, 6) is 0.590. The minimum atomic E-state index is -4.50. The number of carboxylic acid groups (broad SMARTS) is 1. The number of benzene rings is 2. The number of morpholine rings is 1. The lowest BCUT2D eigenvalue weighted by Crippen LogP contribution is -2.43. The molecule has 0 aliphatic carbocycles.